The number of amides is 1. The maximum Gasteiger partial charge on any atom is 0.434 e. The van der Waals surface area contributed by atoms with Gasteiger partial charge in [0.25, 0.3) is 0 Å². The van der Waals surface area contributed by atoms with Crippen molar-refractivity contribution in [2.24, 2.45) is 5.73 Å². The SMILES string of the molecule is CCc1ccc(F)c([C@@H](C)[C@H](NS(=O)(=O)c2ccc(Cl)cc2C(N)=O)c2n[nH]c(=O)o2)c1C. The first-order valence-electron chi connectivity index (χ1n) is 9.91. The van der Waals surface area contributed by atoms with Crippen molar-refractivity contribution in [3.63, 3.8) is 0 Å². The summed E-state index contributed by atoms with van der Waals surface area (Å²) in [6, 6.07) is 5.18. The van der Waals surface area contributed by atoms with Crippen LogP contribution in [0.25, 0.3) is 0 Å². The van der Waals surface area contributed by atoms with Gasteiger partial charge in [-0.2, -0.15) is 4.72 Å². The monoisotopic (exact) mass is 496 g/mol. The van der Waals surface area contributed by atoms with E-state index in [1.807, 2.05) is 6.92 Å². The molecule has 3 rings (SSSR count). The van der Waals surface area contributed by atoms with Gasteiger partial charge in [-0.05, 0) is 54.3 Å². The average Bonchev–Trinajstić information content (AvgIpc) is 3.17. The normalized spacial score (nSPS) is 13.6. The Morgan fingerprint density at radius 3 is 2.61 bits per heavy atom. The number of hydrogen-bond acceptors (Lipinski definition) is 6. The Hall–Kier alpha value is -3.02. The molecule has 0 fully saturated rings. The molecule has 4 N–H and O–H groups in total. The van der Waals surface area contributed by atoms with Crippen molar-refractivity contribution in [1.29, 1.82) is 0 Å². The molecule has 1 aromatic heterocycles. The molecule has 9 nitrogen and oxygen atoms in total. The van der Waals surface area contributed by atoms with Gasteiger partial charge in [-0.25, -0.2) is 22.7 Å². The third-order valence-electron chi connectivity index (χ3n) is 5.41. The summed E-state index contributed by atoms with van der Waals surface area (Å²) >= 11 is 5.88. The van der Waals surface area contributed by atoms with Crippen molar-refractivity contribution >= 4 is 27.5 Å². The van der Waals surface area contributed by atoms with Gasteiger partial charge in [0.2, 0.25) is 21.8 Å². The van der Waals surface area contributed by atoms with Crippen LogP contribution in [0.15, 0.2) is 44.4 Å². The summed E-state index contributed by atoms with van der Waals surface area (Å²) in [6.07, 6.45) is 0.631. The minimum Gasteiger partial charge on any atom is -0.391 e. The third-order valence-corrected chi connectivity index (χ3v) is 7.14. The summed E-state index contributed by atoms with van der Waals surface area (Å²) in [4.78, 5) is 23.0. The zero-order valence-corrected chi connectivity index (χ0v) is 19.6. The van der Waals surface area contributed by atoms with Crippen molar-refractivity contribution < 1.29 is 22.0 Å². The van der Waals surface area contributed by atoms with Crippen LogP contribution in [-0.2, 0) is 16.4 Å². The molecule has 176 valence electrons. The number of nitrogens with zero attached hydrogens (tertiary/aromatic N) is 1. The second-order valence-corrected chi connectivity index (χ2v) is 9.56. The Bertz CT molecular complexity index is 1370. The van der Waals surface area contributed by atoms with Crippen molar-refractivity contribution in [2.45, 2.75) is 44.0 Å². The number of aromatic amines is 1. The van der Waals surface area contributed by atoms with Gasteiger partial charge in [0, 0.05) is 10.9 Å². The molecule has 0 saturated heterocycles. The second kappa shape index (κ2) is 9.46. The van der Waals surface area contributed by atoms with Crippen LogP contribution < -0.4 is 16.2 Å². The summed E-state index contributed by atoms with van der Waals surface area (Å²) in [5, 5.41) is 5.94. The van der Waals surface area contributed by atoms with E-state index >= 15 is 0 Å². The fraction of sp³-hybridized carbons (Fsp3) is 0.286. The van der Waals surface area contributed by atoms with Gasteiger partial charge in [0.05, 0.1) is 10.5 Å². The molecule has 3 aromatic rings. The minimum atomic E-state index is -4.43. The largest absolute Gasteiger partial charge is 0.434 e. The van der Waals surface area contributed by atoms with Crippen LogP contribution in [0.5, 0.6) is 0 Å². The number of H-pyrrole nitrogens is 1. The summed E-state index contributed by atoms with van der Waals surface area (Å²) in [5.74, 6) is -3.63. The van der Waals surface area contributed by atoms with Gasteiger partial charge in [-0.1, -0.05) is 31.5 Å². The number of aromatic nitrogens is 2. The smallest absolute Gasteiger partial charge is 0.391 e. The van der Waals surface area contributed by atoms with Gasteiger partial charge in [0.15, 0.2) is 0 Å². The van der Waals surface area contributed by atoms with Crippen LogP contribution in [0.2, 0.25) is 5.02 Å². The molecule has 0 unspecified atom stereocenters. The third kappa shape index (κ3) is 5.00. The molecule has 0 spiro atoms. The average molecular weight is 497 g/mol. The lowest BCUT2D eigenvalue weighted by Gasteiger charge is -2.25. The van der Waals surface area contributed by atoms with Gasteiger partial charge >= 0.3 is 5.76 Å². The highest BCUT2D eigenvalue weighted by molar-refractivity contribution is 7.89. The Morgan fingerprint density at radius 2 is 2.03 bits per heavy atom. The number of carbonyl (C=O) groups excluding carboxylic acids is 1. The number of nitrogens with two attached hydrogens (primary N) is 1. The van der Waals surface area contributed by atoms with Crippen LogP contribution in [0.4, 0.5) is 4.39 Å². The highest BCUT2D eigenvalue weighted by atomic mass is 35.5. The lowest BCUT2D eigenvalue weighted by atomic mass is 9.87. The van der Waals surface area contributed by atoms with Crippen LogP contribution >= 0.6 is 11.6 Å². The minimum absolute atomic E-state index is 0.111. The van der Waals surface area contributed by atoms with E-state index in [9.17, 15) is 22.4 Å². The Kier molecular flexibility index (Phi) is 7.06. The molecular formula is C21H22ClFN4O5S. The molecule has 0 saturated carbocycles. The molecular weight excluding hydrogens is 475 g/mol. The highest BCUT2D eigenvalue weighted by Gasteiger charge is 2.34. The molecule has 1 amide bonds. The number of carbonyl (C=O) groups is 1. The fourth-order valence-corrected chi connectivity index (χ4v) is 5.38. The molecule has 1 heterocycles. The standard InChI is InChI=1S/C21H22ClFN4O5S/c1-4-12-5-7-15(23)17(10(12)2)11(3)18(20-25-26-21(29)32-20)27-33(30,31)16-8-6-13(22)9-14(16)19(24)28/h5-9,11,18,27H,4H2,1-3H3,(H2,24,28)(H,26,29)/t11-,18+/m1/s1. The van der Waals surface area contributed by atoms with E-state index in [0.29, 0.717) is 12.0 Å². The van der Waals surface area contributed by atoms with Gasteiger partial charge in [0.1, 0.15) is 11.9 Å². The first kappa shape index (κ1) is 24.6. The lowest BCUT2D eigenvalue weighted by Crippen LogP contribution is -2.34. The number of rotatable bonds is 8. The second-order valence-electron chi connectivity index (χ2n) is 7.44. The molecule has 0 aliphatic carbocycles. The molecule has 33 heavy (non-hydrogen) atoms. The first-order chi connectivity index (χ1) is 15.5. The van der Waals surface area contributed by atoms with Gasteiger partial charge < -0.3 is 10.2 Å². The summed E-state index contributed by atoms with van der Waals surface area (Å²) in [7, 11) is -4.43. The van der Waals surface area contributed by atoms with E-state index in [0.717, 1.165) is 17.7 Å². The van der Waals surface area contributed by atoms with E-state index in [4.69, 9.17) is 21.8 Å². The molecule has 0 radical (unpaired) electrons. The van der Waals surface area contributed by atoms with Crippen molar-refractivity contribution in [2.75, 3.05) is 0 Å². The zero-order valence-electron chi connectivity index (χ0n) is 18.0. The Balaban J connectivity index is 2.15. The van der Waals surface area contributed by atoms with Crippen LogP contribution in [0.1, 0.15) is 58.7 Å². The number of benzene rings is 2. The summed E-state index contributed by atoms with van der Waals surface area (Å²) < 4.78 is 48.8. The van der Waals surface area contributed by atoms with E-state index in [2.05, 4.69) is 14.9 Å². The topological polar surface area (TPSA) is 148 Å². The van der Waals surface area contributed by atoms with Crippen LogP contribution in [0.3, 0.4) is 0 Å². The number of halogens is 2. The molecule has 0 aliphatic rings. The number of nitrogens with one attached hydrogen (secondary N) is 2. The highest BCUT2D eigenvalue weighted by Crippen LogP contribution is 2.36. The predicted octanol–water partition coefficient (Wildman–Crippen LogP) is 2.95. The van der Waals surface area contributed by atoms with E-state index in [1.165, 1.54) is 12.1 Å². The molecule has 0 aliphatic heterocycles. The maximum atomic E-state index is 14.9. The van der Waals surface area contributed by atoms with Gasteiger partial charge in [-0.3, -0.25) is 4.79 Å². The van der Waals surface area contributed by atoms with Crippen LogP contribution in [-0.4, -0.2) is 24.5 Å². The van der Waals surface area contributed by atoms with E-state index < -0.39 is 44.4 Å². The number of sulfonamides is 1. The lowest BCUT2D eigenvalue weighted by molar-refractivity contribution is 0.0997. The maximum absolute atomic E-state index is 14.9. The quantitative estimate of drug-likeness (QED) is 0.436. The first-order valence-corrected chi connectivity index (χ1v) is 11.8. The Morgan fingerprint density at radius 1 is 1.33 bits per heavy atom. The number of primary amides is 1. The molecule has 12 heteroatoms. The van der Waals surface area contributed by atoms with E-state index in [-0.39, 0.29) is 22.0 Å². The van der Waals surface area contributed by atoms with Crippen molar-refractivity contribution in [3.05, 3.63) is 79.9 Å². The molecule has 2 aromatic carbocycles. The van der Waals surface area contributed by atoms with E-state index in [1.54, 1.807) is 19.9 Å². The predicted molar refractivity (Wildman–Crippen MR) is 119 cm³/mol. The van der Waals surface area contributed by atoms with Gasteiger partial charge in [-0.15, -0.1) is 5.10 Å². The molecule has 2 atom stereocenters. The van der Waals surface area contributed by atoms with Crippen LogP contribution in [0, 0.1) is 12.7 Å². The molecule has 0 bridgehead atoms. The number of aryl methyl sites for hydroxylation is 1. The van der Waals surface area contributed by atoms with Crippen molar-refractivity contribution in [3.8, 4) is 0 Å². The number of hydrogen-bond donors (Lipinski definition) is 3. The van der Waals surface area contributed by atoms with Crippen molar-refractivity contribution in [1.82, 2.24) is 14.9 Å². The summed E-state index contributed by atoms with van der Waals surface area (Å²) in [6.45, 7) is 5.21. The fourth-order valence-electron chi connectivity index (χ4n) is 3.75. The summed E-state index contributed by atoms with van der Waals surface area (Å²) in [5.41, 5.74) is 6.74. The zero-order chi connectivity index (χ0) is 24.5. The Labute approximate surface area is 194 Å².